The van der Waals surface area contributed by atoms with Crippen molar-refractivity contribution >= 4 is 5.97 Å². The van der Waals surface area contributed by atoms with Gasteiger partial charge in [0.15, 0.2) is 11.5 Å². The third-order valence-electron chi connectivity index (χ3n) is 8.38. The number of aliphatic hydroxyl groups is 1. The molecule has 5 heteroatoms. The molecule has 5 aliphatic rings. The Hall–Kier alpha value is -1.85. The molecule has 5 nitrogen and oxygen atoms in total. The molecule has 0 amide bonds. The predicted molar refractivity (Wildman–Crippen MR) is 113 cm³/mol. The summed E-state index contributed by atoms with van der Waals surface area (Å²) in [5.74, 6) is 1.49. The van der Waals surface area contributed by atoms with Crippen molar-refractivity contribution in [3.63, 3.8) is 0 Å². The molecule has 3 fully saturated rings. The van der Waals surface area contributed by atoms with Gasteiger partial charge in [0, 0.05) is 18.2 Å². The van der Waals surface area contributed by atoms with Gasteiger partial charge in [-0.3, -0.25) is 9.69 Å². The molecule has 0 radical (unpaired) electrons. The van der Waals surface area contributed by atoms with Gasteiger partial charge in [-0.1, -0.05) is 26.5 Å². The number of carbonyl (C=O) groups is 1. The molecule has 2 saturated carbocycles. The number of hydrogen-bond donors (Lipinski definition) is 1. The summed E-state index contributed by atoms with van der Waals surface area (Å²) < 4.78 is 12.3. The summed E-state index contributed by atoms with van der Waals surface area (Å²) in [5.41, 5.74) is 2.08. The van der Waals surface area contributed by atoms with E-state index >= 15 is 0 Å². The number of benzene rings is 1. The molecule has 3 aliphatic carbocycles. The van der Waals surface area contributed by atoms with Crippen molar-refractivity contribution in [3.05, 3.63) is 35.4 Å². The third kappa shape index (κ3) is 2.28. The average Bonchev–Trinajstić information content (AvgIpc) is 3.45. The van der Waals surface area contributed by atoms with Crippen LogP contribution in [0.25, 0.3) is 0 Å². The quantitative estimate of drug-likeness (QED) is 0.469. The van der Waals surface area contributed by atoms with Crippen molar-refractivity contribution in [2.75, 3.05) is 13.1 Å². The lowest BCUT2D eigenvalue weighted by molar-refractivity contribution is -0.174. The molecule has 1 aromatic carbocycles. The monoisotopic (exact) mass is 409 g/mol. The fourth-order valence-corrected chi connectivity index (χ4v) is 6.69. The standard InChI is InChI=1S/C25H31NO4/c1-14(2)23(27)29-18-7-6-17-12-19-25(28)9-8-15(3)22-24(25,20(17)21(18)30-22)10-11-26(19)13-16-4-5-16/h6-7,14,16,19,22,28H,3-5,8-13H2,1-2H3/t19?,22-,24-,25+/m0/s1. The van der Waals surface area contributed by atoms with Crippen LogP contribution in [0.15, 0.2) is 24.3 Å². The average molecular weight is 410 g/mol. The highest BCUT2D eigenvalue weighted by molar-refractivity contribution is 5.76. The molecule has 1 unspecified atom stereocenters. The molecule has 1 spiro atoms. The van der Waals surface area contributed by atoms with Crippen molar-refractivity contribution in [2.45, 2.75) is 75.5 Å². The van der Waals surface area contributed by atoms with E-state index in [1.165, 1.54) is 18.4 Å². The van der Waals surface area contributed by atoms with Gasteiger partial charge >= 0.3 is 5.97 Å². The highest BCUT2D eigenvalue weighted by Gasteiger charge is 2.72. The van der Waals surface area contributed by atoms with E-state index in [2.05, 4.69) is 17.5 Å². The minimum Gasteiger partial charge on any atom is -0.481 e. The maximum atomic E-state index is 12.3. The van der Waals surface area contributed by atoms with Gasteiger partial charge in [-0.25, -0.2) is 0 Å². The summed E-state index contributed by atoms with van der Waals surface area (Å²) in [4.78, 5) is 14.9. The van der Waals surface area contributed by atoms with Gasteiger partial charge in [-0.05, 0) is 68.2 Å². The Morgan fingerprint density at radius 1 is 1.37 bits per heavy atom. The van der Waals surface area contributed by atoms with Crippen LogP contribution >= 0.6 is 0 Å². The van der Waals surface area contributed by atoms with Gasteiger partial charge in [0.2, 0.25) is 0 Å². The lowest BCUT2D eigenvalue weighted by Gasteiger charge is -2.63. The summed E-state index contributed by atoms with van der Waals surface area (Å²) in [6, 6.07) is 4.10. The number of hydrogen-bond acceptors (Lipinski definition) is 5. The van der Waals surface area contributed by atoms with E-state index in [1.54, 1.807) is 0 Å². The van der Waals surface area contributed by atoms with Crippen LogP contribution in [0.3, 0.4) is 0 Å². The predicted octanol–water partition coefficient (Wildman–Crippen LogP) is 3.37. The number of ether oxygens (including phenoxy) is 2. The molecular formula is C25H31NO4. The molecule has 1 aromatic rings. The zero-order chi connectivity index (χ0) is 20.8. The van der Waals surface area contributed by atoms with E-state index in [0.717, 1.165) is 55.8 Å². The number of piperidine rings is 1. The number of nitrogens with zero attached hydrogens (tertiary/aromatic N) is 1. The van der Waals surface area contributed by atoms with Gasteiger partial charge < -0.3 is 14.6 Å². The van der Waals surface area contributed by atoms with Crippen LogP contribution in [0.1, 0.15) is 57.1 Å². The number of rotatable bonds is 4. The van der Waals surface area contributed by atoms with E-state index in [0.29, 0.717) is 11.5 Å². The first kappa shape index (κ1) is 18.9. The fourth-order valence-electron chi connectivity index (χ4n) is 6.69. The highest BCUT2D eigenvalue weighted by Crippen LogP contribution is 2.66. The maximum absolute atomic E-state index is 12.3. The van der Waals surface area contributed by atoms with Crippen LogP contribution in [0.4, 0.5) is 0 Å². The smallest absolute Gasteiger partial charge is 0.313 e. The first-order valence-corrected chi connectivity index (χ1v) is 11.5. The molecule has 1 saturated heterocycles. The molecular weight excluding hydrogens is 378 g/mol. The second-order valence-electron chi connectivity index (χ2n) is 10.5. The van der Waals surface area contributed by atoms with E-state index in [1.807, 2.05) is 19.9 Å². The zero-order valence-corrected chi connectivity index (χ0v) is 17.9. The molecule has 0 aromatic heterocycles. The number of carbonyl (C=O) groups excluding carboxylic acids is 1. The number of likely N-dealkylation sites (tertiary alicyclic amines) is 1. The lowest BCUT2D eigenvalue weighted by Crippen LogP contribution is -2.75. The normalized spacial score (nSPS) is 36.5. The summed E-state index contributed by atoms with van der Waals surface area (Å²) in [5, 5.41) is 12.3. The van der Waals surface area contributed by atoms with E-state index in [9.17, 15) is 9.90 Å². The molecule has 6 rings (SSSR count). The van der Waals surface area contributed by atoms with Crippen LogP contribution in [0, 0.1) is 11.8 Å². The summed E-state index contributed by atoms with van der Waals surface area (Å²) in [6.07, 6.45) is 5.59. The Morgan fingerprint density at radius 2 is 2.17 bits per heavy atom. The molecule has 2 aliphatic heterocycles. The third-order valence-corrected chi connectivity index (χ3v) is 8.38. The van der Waals surface area contributed by atoms with Crippen LogP contribution < -0.4 is 9.47 Å². The second kappa shape index (κ2) is 6.10. The van der Waals surface area contributed by atoms with Gasteiger partial charge in [0.05, 0.1) is 16.9 Å². The van der Waals surface area contributed by atoms with Crippen LogP contribution in [-0.2, 0) is 16.6 Å². The summed E-state index contributed by atoms with van der Waals surface area (Å²) in [6.45, 7) is 10.1. The van der Waals surface area contributed by atoms with Crippen molar-refractivity contribution in [3.8, 4) is 11.5 Å². The van der Waals surface area contributed by atoms with E-state index < -0.39 is 11.0 Å². The molecule has 1 N–H and O–H groups in total. The highest BCUT2D eigenvalue weighted by atomic mass is 16.6. The zero-order valence-electron chi connectivity index (χ0n) is 17.9. The maximum Gasteiger partial charge on any atom is 0.313 e. The van der Waals surface area contributed by atoms with Crippen LogP contribution in [0.2, 0.25) is 0 Å². The first-order chi connectivity index (χ1) is 14.3. The summed E-state index contributed by atoms with van der Waals surface area (Å²) in [7, 11) is 0. The van der Waals surface area contributed by atoms with Gasteiger partial charge in [-0.15, -0.1) is 0 Å². The SMILES string of the molecule is C=C1CC[C@@]2(O)C3Cc4ccc(OC(=O)C(C)C)c5c4[C@@]2(CCN3CC2CC2)[C@H]1O5. The Labute approximate surface area is 178 Å². The summed E-state index contributed by atoms with van der Waals surface area (Å²) >= 11 is 0. The fraction of sp³-hybridized carbons (Fsp3) is 0.640. The second-order valence-corrected chi connectivity index (χ2v) is 10.5. The first-order valence-electron chi connectivity index (χ1n) is 11.5. The van der Waals surface area contributed by atoms with Crippen molar-refractivity contribution in [1.82, 2.24) is 4.90 Å². The van der Waals surface area contributed by atoms with Crippen LogP contribution in [-0.4, -0.2) is 46.8 Å². The van der Waals surface area contributed by atoms with Gasteiger partial charge in [-0.2, -0.15) is 0 Å². The van der Waals surface area contributed by atoms with E-state index in [4.69, 9.17) is 9.47 Å². The van der Waals surface area contributed by atoms with Crippen LogP contribution in [0.5, 0.6) is 11.5 Å². The molecule has 2 heterocycles. The number of esters is 1. The largest absolute Gasteiger partial charge is 0.481 e. The minimum atomic E-state index is -0.828. The van der Waals surface area contributed by atoms with Crippen molar-refractivity contribution in [2.24, 2.45) is 11.8 Å². The Bertz CT molecular complexity index is 951. The molecule has 160 valence electrons. The molecule has 4 atom stereocenters. The van der Waals surface area contributed by atoms with Crippen molar-refractivity contribution in [1.29, 1.82) is 0 Å². The Morgan fingerprint density at radius 3 is 2.90 bits per heavy atom. The lowest BCUT2D eigenvalue weighted by atomic mass is 9.48. The van der Waals surface area contributed by atoms with Crippen molar-refractivity contribution < 1.29 is 19.4 Å². The van der Waals surface area contributed by atoms with E-state index in [-0.39, 0.29) is 24.0 Å². The Balaban J connectivity index is 1.50. The molecule has 2 bridgehead atoms. The minimum absolute atomic E-state index is 0.119. The topological polar surface area (TPSA) is 59.0 Å². The van der Waals surface area contributed by atoms with Gasteiger partial charge in [0.1, 0.15) is 6.10 Å². The molecule has 30 heavy (non-hydrogen) atoms. The van der Waals surface area contributed by atoms with Gasteiger partial charge in [0.25, 0.3) is 0 Å². The Kier molecular flexibility index (Phi) is 3.84.